The minimum atomic E-state index is -1.17. The van der Waals surface area contributed by atoms with Crippen molar-refractivity contribution in [2.45, 2.75) is 79.4 Å². The van der Waals surface area contributed by atoms with Crippen LogP contribution >= 0.6 is 0 Å². The van der Waals surface area contributed by atoms with E-state index < -0.39 is 35.0 Å². The van der Waals surface area contributed by atoms with Gasteiger partial charge in [-0.1, -0.05) is 11.6 Å². The Balaban J connectivity index is 2.57. The van der Waals surface area contributed by atoms with Crippen LogP contribution in [-0.4, -0.2) is 35.4 Å². The van der Waals surface area contributed by atoms with Gasteiger partial charge in [-0.05, 0) is 58.3 Å². The summed E-state index contributed by atoms with van der Waals surface area (Å²) in [7, 11) is 0. The maximum absolute atomic E-state index is 13.5. The van der Waals surface area contributed by atoms with Gasteiger partial charge in [-0.3, -0.25) is 14.4 Å². The van der Waals surface area contributed by atoms with Crippen LogP contribution < -0.4 is 0 Å². The normalized spacial score (nSPS) is 29.0. The third-order valence-electron chi connectivity index (χ3n) is 5.79. The molecule has 1 aliphatic carbocycles. The number of rotatable bonds is 5. The molecule has 3 atom stereocenters. The summed E-state index contributed by atoms with van der Waals surface area (Å²) < 4.78 is 16.1. The Labute approximate surface area is 177 Å². The molecule has 1 heterocycles. The number of hydrogen-bond acceptors (Lipinski definition) is 7. The van der Waals surface area contributed by atoms with E-state index in [2.05, 4.69) is 0 Å². The van der Waals surface area contributed by atoms with Gasteiger partial charge in [0.25, 0.3) is 0 Å². The third-order valence-corrected chi connectivity index (χ3v) is 5.79. The Bertz CT molecular complexity index is 872. The molecule has 7 nitrogen and oxygen atoms in total. The molecular formula is C23H30O7. The summed E-state index contributed by atoms with van der Waals surface area (Å²) in [4.78, 5) is 48.8. The van der Waals surface area contributed by atoms with Crippen LogP contribution in [-0.2, 0) is 33.4 Å². The van der Waals surface area contributed by atoms with E-state index >= 15 is 0 Å². The molecule has 0 N–H and O–H groups in total. The smallest absolute Gasteiger partial charge is 0.348 e. The number of carbonyl (C=O) groups is 4. The average Bonchev–Trinajstić information content (AvgIpc) is 2.91. The van der Waals surface area contributed by atoms with Crippen molar-refractivity contribution in [1.29, 1.82) is 0 Å². The fourth-order valence-corrected chi connectivity index (χ4v) is 4.17. The lowest BCUT2D eigenvalue weighted by molar-refractivity contribution is -0.170. The highest BCUT2D eigenvalue weighted by Gasteiger charge is 2.63. The van der Waals surface area contributed by atoms with E-state index in [0.717, 1.165) is 5.57 Å². The lowest BCUT2D eigenvalue weighted by atomic mass is 9.59. The minimum absolute atomic E-state index is 0.0848. The topological polar surface area (TPSA) is 96.0 Å². The molecule has 0 aromatic carbocycles. The van der Waals surface area contributed by atoms with E-state index in [1.54, 1.807) is 26.8 Å². The van der Waals surface area contributed by atoms with E-state index in [4.69, 9.17) is 14.2 Å². The summed E-state index contributed by atoms with van der Waals surface area (Å²) >= 11 is 0. The fourth-order valence-electron chi connectivity index (χ4n) is 4.17. The first-order chi connectivity index (χ1) is 13.8. The van der Waals surface area contributed by atoms with Crippen LogP contribution in [0.15, 0.2) is 34.6 Å². The number of esters is 3. The van der Waals surface area contributed by atoms with Crippen molar-refractivity contribution >= 4 is 23.7 Å². The maximum Gasteiger partial charge on any atom is 0.348 e. The van der Waals surface area contributed by atoms with Crippen molar-refractivity contribution in [1.82, 2.24) is 0 Å². The number of carbonyl (C=O) groups excluding carboxylic acids is 4. The monoisotopic (exact) mass is 418 g/mol. The van der Waals surface area contributed by atoms with Crippen molar-refractivity contribution in [2.75, 3.05) is 0 Å². The number of ether oxygens (including phenoxy) is 3. The molecule has 0 unspecified atom stereocenters. The zero-order chi connectivity index (χ0) is 22.9. The summed E-state index contributed by atoms with van der Waals surface area (Å²) in [6, 6.07) is 0. The van der Waals surface area contributed by atoms with Crippen LogP contribution in [0.2, 0.25) is 0 Å². The molecule has 0 amide bonds. The van der Waals surface area contributed by atoms with E-state index in [1.165, 1.54) is 13.8 Å². The molecule has 1 spiro atoms. The van der Waals surface area contributed by atoms with E-state index in [9.17, 15) is 19.2 Å². The second-order valence-corrected chi connectivity index (χ2v) is 8.54. The van der Waals surface area contributed by atoms with Gasteiger partial charge in [0.05, 0.1) is 5.41 Å². The van der Waals surface area contributed by atoms with Gasteiger partial charge in [0, 0.05) is 26.7 Å². The zero-order valence-corrected chi connectivity index (χ0v) is 18.7. The molecule has 0 radical (unpaired) electrons. The predicted octanol–water partition coefficient (Wildman–Crippen LogP) is 3.72. The Hall–Kier alpha value is -2.70. The van der Waals surface area contributed by atoms with Gasteiger partial charge < -0.3 is 14.2 Å². The zero-order valence-electron chi connectivity index (χ0n) is 18.7. The summed E-state index contributed by atoms with van der Waals surface area (Å²) in [6.45, 7) is 11.5. The van der Waals surface area contributed by atoms with Crippen molar-refractivity contribution in [3.63, 3.8) is 0 Å². The van der Waals surface area contributed by atoms with Crippen LogP contribution in [0.3, 0.4) is 0 Å². The maximum atomic E-state index is 13.5. The molecule has 1 saturated heterocycles. The fraction of sp³-hybridized carbons (Fsp3) is 0.565. The lowest BCUT2D eigenvalue weighted by Crippen LogP contribution is -2.54. The molecule has 1 fully saturated rings. The number of ketones is 1. The van der Waals surface area contributed by atoms with Crippen LogP contribution in [0.25, 0.3) is 0 Å². The van der Waals surface area contributed by atoms with Gasteiger partial charge in [0.2, 0.25) is 6.10 Å². The summed E-state index contributed by atoms with van der Waals surface area (Å²) in [5.74, 6) is -1.51. The van der Waals surface area contributed by atoms with E-state index in [-0.39, 0.29) is 18.6 Å². The molecular weight excluding hydrogens is 388 g/mol. The Kier molecular flexibility index (Phi) is 6.74. The van der Waals surface area contributed by atoms with Crippen molar-refractivity contribution in [3.05, 3.63) is 34.6 Å². The summed E-state index contributed by atoms with van der Waals surface area (Å²) in [6.07, 6.45) is 3.24. The Morgan fingerprint density at radius 1 is 1.13 bits per heavy atom. The standard InChI is InChI=1S/C23H30O7/c1-13(2)8-9-22(7)20(26)15(4)18(10-14(3)28-16(5)24)11-23(22)12-19(21(27)30-23)29-17(6)25/h8,10,19H,9,11-12H2,1-7H3/b14-10+/t19-,22-,23+/m1/s1. The van der Waals surface area contributed by atoms with Gasteiger partial charge in [-0.15, -0.1) is 0 Å². The van der Waals surface area contributed by atoms with E-state index in [0.29, 0.717) is 23.3 Å². The molecule has 7 heteroatoms. The highest BCUT2D eigenvalue weighted by Crippen LogP contribution is 2.54. The number of hydrogen-bond donors (Lipinski definition) is 0. The van der Waals surface area contributed by atoms with Gasteiger partial charge in [-0.25, -0.2) is 4.79 Å². The Morgan fingerprint density at radius 2 is 1.77 bits per heavy atom. The third kappa shape index (κ3) is 4.55. The van der Waals surface area contributed by atoms with Crippen LogP contribution in [0, 0.1) is 5.41 Å². The summed E-state index contributed by atoms with van der Waals surface area (Å²) in [5, 5.41) is 0. The molecule has 30 heavy (non-hydrogen) atoms. The van der Waals surface area contributed by atoms with Gasteiger partial charge in [0.1, 0.15) is 11.4 Å². The van der Waals surface area contributed by atoms with Crippen molar-refractivity contribution in [2.24, 2.45) is 5.41 Å². The largest absolute Gasteiger partial charge is 0.455 e. The molecule has 0 bridgehead atoms. The molecule has 0 aromatic rings. The van der Waals surface area contributed by atoms with Crippen LogP contribution in [0.1, 0.15) is 67.7 Å². The molecule has 2 aliphatic rings. The quantitative estimate of drug-likeness (QED) is 0.290. The van der Waals surface area contributed by atoms with Gasteiger partial charge in [-0.2, -0.15) is 0 Å². The second kappa shape index (κ2) is 8.58. The highest BCUT2D eigenvalue weighted by molar-refractivity contribution is 6.03. The predicted molar refractivity (Wildman–Crippen MR) is 109 cm³/mol. The molecule has 0 aromatic heterocycles. The minimum Gasteiger partial charge on any atom is -0.455 e. The van der Waals surface area contributed by atoms with Gasteiger partial charge >= 0.3 is 17.9 Å². The number of Topliss-reactive ketones (excluding diaryl/α,β-unsaturated/α-hetero) is 1. The first-order valence-electron chi connectivity index (χ1n) is 9.96. The molecule has 0 saturated carbocycles. The number of allylic oxidation sites excluding steroid dienone is 5. The lowest BCUT2D eigenvalue weighted by Gasteiger charge is -2.47. The summed E-state index contributed by atoms with van der Waals surface area (Å²) in [5.41, 5.74) is 0.00671. The first-order valence-corrected chi connectivity index (χ1v) is 9.96. The second-order valence-electron chi connectivity index (χ2n) is 8.54. The van der Waals surface area contributed by atoms with E-state index in [1.807, 2.05) is 19.9 Å². The molecule has 164 valence electrons. The first kappa shape index (κ1) is 23.6. The van der Waals surface area contributed by atoms with Gasteiger partial charge in [0.15, 0.2) is 5.78 Å². The molecule has 2 rings (SSSR count). The average molecular weight is 418 g/mol. The van der Waals surface area contributed by atoms with Crippen LogP contribution in [0.5, 0.6) is 0 Å². The Morgan fingerprint density at radius 3 is 2.30 bits per heavy atom. The van der Waals surface area contributed by atoms with Crippen molar-refractivity contribution in [3.8, 4) is 0 Å². The van der Waals surface area contributed by atoms with Crippen molar-refractivity contribution < 1.29 is 33.4 Å². The highest BCUT2D eigenvalue weighted by atomic mass is 16.6. The molecule has 1 aliphatic heterocycles. The SMILES string of the molecule is CC(=O)O/C(C)=C/C1=C(C)C(=O)[C@@](C)(CC=C(C)C)[C@]2(C1)C[C@@H](OC(C)=O)C(=O)O2. The van der Waals surface area contributed by atoms with Crippen LogP contribution in [0.4, 0.5) is 0 Å².